The van der Waals surface area contributed by atoms with E-state index in [1.807, 2.05) is 20.8 Å². The van der Waals surface area contributed by atoms with Crippen LogP contribution in [0.25, 0.3) is 0 Å². The van der Waals surface area contributed by atoms with Crippen LogP contribution in [0.2, 0.25) is 0 Å². The first-order valence-corrected chi connectivity index (χ1v) is 6.38. The van der Waals surface area contributed by atoms with E-state index in [1.165, 1.54) is 11.8 Å². The quantitative estimate of drug-likeness (QED) is 0.741. The first-order chi connectivity index (χ1) is 7.70. The van der Waals surface area contributed by atoms with E-state index in [2.05, 4.69) is 5.32 Å². The second-order valence-electron chi connectivity index (χ2n) is 4.83. The third-order valence-corrected chi connectivity index (χ3v) is 4.14. The lowest BCUT2D eigenvalue weighted by atomic mass is 10.0. The molecule has 1 rings (SSSR count). The Morgan fingerprint density at radius 2 is 2.00 bits per heavy atom. The number of hydrogen-bond acceptors (Lipinski definition) is 5. The minimum absolute atomic E-state index is 0.165. The topological polar surface area (TPSA) is 75.6 Å². The maximum atomic E-state index is 11.5. The largest absolute Gasteiger partial charge is 0.480 e. The Morgan fingerprint density at radius 3 is 2.41 bits per heavy atom. The van der Waals surface area contributed by atoms with Crippen LogP contribution in [0.4, 0.5) is 0 Å². The molecule has 1 saturated heterocycles. The molecule has 6 heteroatoms. The Hall–Kier alpha value is -0.750. The molecule has 1 aliphatic rings. The van der Waals surface area contributed by atoms with Gasteiger partial charge in [-0.1, -0.05) is 0 Å². The molecule has 1 heterocycles. The highest BCUT2D eigenvalue weighted by Gasteiger charge is 2.51. The zero-order valence-electron chi connectivity index (χ0n) is 10.6. The van der Waals surface area contributed by atoms with Crippen LogP contribution < -0.4 is 5.32 Å². The van der Waals surface area contributed by atoms with E-state index in [0.29, 0.717) is 6.61 Å². The first kappa shape index (κ1) is 14.3. The van der Waals surface area contributed by atoms with E-state index in [-0.39, 0.29) is 12.4 Å². The van der Waals surface area contributed by atoms with Gasteiger partial charge in [0.2, 0.25) is 0 Å². The van der Waals surface area contributed by atoms with Gasteiger partial charge in [0.25, 0.3) is 0 Å². The second-order valence-corrected chi connectivity index (χ2v) is 6.99. The van der Waals surface area contributed by atoms with E-state index in [9.17, 15) is 9.59 Å². The van der Waals surface area contributed by atoms with Crippen molar-refractivity contribution in [3.05, 3.63) is 0 Å². The molecule has 0 radical (unpaired) electrons. The predicted octanol–water partition coefficient (Wildman–Crippen LogP) is 1.22. The third-order valence-electron chi connectivity index (χ3n) is 2.67. The Kier molecular flexibility index (Phi) is 4.09. The number of carbonyl (C=O) groups excluding carboxylic acids is 1. The fraction of sp³-hybridized carbons (Fsp3) is 0.818. The Morgan fingerprint density at radius 1 is 1.41 bits per heavy atom. The molecule has 0 unspecified atom stereocenters. The van der Waals surface area contributed by atoms with E-state index in [4.69, 9.17) is 9.84 Å². The molecule has 1 aliphatic heterocycles. The molecule has 2 N–H and O–H groups in total. The van der Waals surface area contributed by atoms with Crippen molar-refractivity contribution in [1.82, 2.24) is 5.32 Å². The fourth-order valence-corrected chi connectivity index (χ4v) is 3.89. The molecule has 0 aromatic heterocycles. The average molecular weight is 261 g/mol. The molecule has 0 aromatic carbocycles. The summed E-state index contributed by atoms with van der Waals surface area (Å²) in [4.78, 5) is 22.0. The van der Waals surface area contributed by atoms with Crippen molar-refractivity contribution in [2.75, 3.05) is 6.61 Å². The van der Waals surface area contributed by atoms with Crippen LogP contribution in [0, 0.1) is 0 Å². The van der Waals surface area contributed by atoms with Gasteiger partial charge in [-0.05, 0) is 27.7 Å². The van der Waals surface area contributed by atoms with Crippen molar-refractivity contribution in [3.63, 3.8) is 0 Å². The van der Waals surface area contributed by atoms with Gasteiger partial charge in [0, 0.05) is 4.75 Å². The highest BCUT2D eigenvalue weighted by molar-refractivity contribution is 8.02. The normalized spacial score (nSPS) is 31.2. The summed E-state index contributed by atoms with van der Waals surface area (Å²) in [5.41, 5.74) is 0. The van der Waals surface area contributed by atoms with Crippen molar-refractivity contribution in [2.24, 2.45) is 0 Å². The monoisotopic (exact) mass is 261 g/mol. The van der Waals surface area contributed by atoms with Gasteiger partial charge >= 0.3 is 11.9 Å². The van der Waals surface area contributed by atoms with Crippen molar-refractivity contribution < 1.29 is 19.4 Å². The molecule has 0 spiro atoms. The van der Waals surface area contributed by atoms with Crippen molar-refractivity contribution >= 4 is 23.7 Å². The first-order valence-electron chi connectivity index (χ1n) is 5.56. The highest BCUT2D eigenvalue weighted by atomic mass is 32.2. The second kappa shape index (κ2) is 4.86. The summed E-state index contributed by atoms with van der Waals surface area (Å²) in [6.07, 6.45) is 0.165. The molecule has 1 fully saturated rings. The Bertz CT molecular complexity index is 331. The Balaban J connectivity index is 2.74. The summed E-state index contributed by atoms with van der Waals surface area (Å²) in [6, 6.07) is -0.660. The number of carboxylic acid groups (broad SMARTS) is 1. The number of carboxylic acids is 1. The third kappa shape index (κ3) is 3.35. The molecule has 0 bridgehead atoms. The minimum atomic E-state index is -0.893. The van der Waals surface area contributed by atoms with Crippen molar-refractivity contribution in [1.29, 1.82) is 0 Å². The smallest absolute Gasteiger partial charge is 0.322 e. The summed E-state index contributed by atoms with van der Waals surface area (Å²) >= 11 is 1.47. The molecule has 98 valence electrons. The van der Waals surface area contributed by atoms with Crippen LogP contribution in [0.3, 0.4) is 0 Å². The Labute approximate surface area is 105 Å². The van der Waals surface area contributed by atoms with Gasteiger partial charge in [-0.2, -0.15) is 0 Å². The van der Waals surface area contributed by atoms with Crippen molar-refractivity contribution in [2.45, 2.75) is 49.8 Å². The van der Waals surface area contributed by atoms with Crippen LogP contribution in [0.1, 0.15) is 34.1 Å². The lowest BCUT2D eigenvalue weighted by molar-refractivity contribution is -0.145. The molecule has 5 nitrogen and oxygen atoms in total. The van der Waals surface area contributed by atoms with Crippen LogP contribution >= 0.6 is 11.8 Å². The molecular formula is C11H19NO4S. The van der Waals surface area contributed by atoms with Crippen LogP contribution in [-0.4, -0.2) is 39.3 Å². The van der Waals surface area contributed by atoms with Crippen molar-refractivity contribution in [3.8, 4) is 0 Å². The standard InChI is InChI=1S/C11H19NO4S/c1-5-16-7(13)6-11(4)12-8(9(14)15)10(2,3)17-11/h8,12H,5-6H2,1-4H3,(H,14,15)/t8-,11-/m1/s1. The van der Waals surface area contributed by atoms with Gasteiger partial charge in [-0.15, -0.1) is 11.8 Å². The molecule has 0 amide bonds. The lowest BCUT2D eigenvalue weighted by Gasteiger charge is -2.24. The maximum absolute atomic E-state index is 11.5. The van der Waals surface area contributed by atoms with Gasteiger partial charge in [-0.25, -0.2) is 0 Å². The van der Waals surface area contributed by atoms with Gasteiger partial charge in [0.15, 0.2) is 0 Å². The summed E-state index contributed by atoms with van der Waals surface area (Å²) in [7, 11) is 0. The van der Waals surface area contributed by atoms with E-state index in [0.717, 1.165) is 0 Å². The summed E-state index contributed by atoms with van der Waals surface area (Å²) < 4.78 is 4.44. The number of thioether (sulfide) groups is 1. The average Bonchev–Trinajstić information content (AvgIpc) is 2.35. The molecule has 0 saturated carbocycles. The van der Waals surface area contributed by atoms with E-state index in [1.54, 1.807) is 6.92 Å². The number of aliphatic carboxylic acids is 1. The molecule has 2 atom stereocenters. The van der Waals surface area contributed by atoms with Gasteiger partial charge in [0.05, 0.1) is 17.9 Å². The van der Waals surface area contributed by atoms with Crippen LogP contribution in [0.15, 0.2) is 0 Å². The number of hydrogen-bond donors (Lipinski definition) is 2. The molecule has 0 aromatic rings. The summed E-state index contributed by atoms with van der Waals surface area (Å²) in [5.74, 6) is -1.20. The van der Waals surface area contributed by atoms with Gasteiger partial charge in [-0.3, -0.25) is 14.9 Å². The molecule has 0 aliphatic carbocycles. The van der Waals surface area contributed by atoms with E-state index >= 15 is 0 Å². The molecular weight excluding hydrogens is 242 g/mol. The van der Waals surface area contributed by atoms with Gasteiger partial charge < -0.3 is 9.84 Å². The van der Waals surface area contributed by atoms with Gasteiger partial charge in [0.1, 0.15) is 6.04 Å². The predicted molar refractivity (Wildman–Crippen MR) is 65.9 cm³/mol. The number of nitrogens with one attached hydrogen (secondary N) is 1. The fourth-order valence-electron chi connectivity index (χ4n) is 2.08. The summed E-state index contributed by atoms with van der Waals surface area (Å²) in [5, 5.41) is 12.1. The van der Waals surface area contributed by atoms with Crippen LogP contribution in [-0.2, 0) is 14.3 Å². The van der Waals surface area contributed by atoms with Crippen LogP contribution in [0.5, 0.6) is 0 Å². The highest BCUT2D eigenvalue weighted by Crippen LogP contribution is 2.46. The zero-order valence-corrected chi connectivity index (χ0v) is 11.4. The van der Waals surface area contributed by atoms with E-state index < -0.39 is 21.6 Å². The SMILES string of the molecule is CCOC(=O)C[C@]1(C)N[C@H](C(=O)O)C(C)(C)S1. The number of ether oxygens (including phenoxy) is 1. The minimum Gasteiger partial charge on any atom is -0.480 e. The number of esters is 1. The molecule has 17 heavy (non-hydrogen) atoms. The lowest BCUT2D eigenvalue weighted by Crippen LogP contribution is -2.48. The zero-order chi connectivity index (χ0) is 13.3. The number of rotatable bonds is 4. The number of carbonyl (C=O) groups is 2. The maximum Gasteiger partial charge on any atom is 0.322 e. The summed E-state index contributed by atoms with van der Waals surface area (Å²) in [6.45, 7) is 7.64.